The maximum atomic E-state index is 12.3. The lowest BCUT2D eigenvalue weighted by Crippen LogP contribution is -2.24. The number of hydrogen-bond acceptors (Lipinski definition) is 5. The number of hydrogen-bond donors (Lipinski definition) is 1. The number of nitriles is 1. The van der Waals surface area contributed by atoms with Gasteiger partial charge in [-0.25, -0.2) is 4.79 Å². The third kappa shape index (κ3) is 6.21. The van der Waals surface area contributed by atoms with Crippen molar-refractivity contribution >= 4 is 11.9 Å². The first-order valence-corrected chi connectivity index (χ1v) is 9.42. The summed E-state index contributed by atoms with van der Waals surface area (Å²) in [6.45, 7) is 0.442. The molecule has 0 bridgehead atoms. The van der Waals surface area contributed by atoms with Crippen LogP contribution in [0.2, 0.25) is 0 Å². The number of rotatable bonds is 8. The molecule has 0 aromatic heterocycles. The first-order chi connectivity index (χ1) is 14.6. The van der Waals surface area contributed by atoms with Crippen LogP contribution >= 0.6 is 0 Å². The molecule has 6 heteroatoms. The Morgan fingerprint density at radius 2 is 1.47 bits per heavy atom. The van der Waals surface area contributed by atoms with Gasteiger partial charge in [-0.15, -0.1) is 0 Å². The molecule has 1 N–H and O–H groups in total. The maximum absolute atomic E-state index is 12.3. The zero-order valence-corrected chi connectivity index (χ0v) is 16.2. The van der Waals surface area contributed by atoms with Crippen molar-refractivity contribution in [1.29, 1.82) is 5.26 Å². The molecule has 0 radical (unpaired) electrons. The molecule has 30 heavy (non-hydrogen) atoms. The van der Waals surface area contributed by atoms with E-state index in [1.807, 2.05) is 42.5 Å². The Morgan fingerprint density at radius 1 is 0.833 bits per heavy atom. The Morgan fingerprint density at radius 3 is 2.13 bits per heavy atom. The monoisotopic (exact) mass is 400 g/mol. The first kappa shape index (κ1) is 20.6. The third-order valence-corrected chi connectivity index (χ3v) is 4.18. The predicted molar refractivity (Wildman–Crippen MR) is 111 cm³/mol. The number of nitrogens with zero attached hydrogens (tertiary/aromatic N) is 1. The van der Waals surface area contributed by atoms with E-state index in [4.69, 9.17) is 14.7 Å². The largest absolute Gasteiger partial charge is 0.457 e. The number of esters is 1. The zero-order chi connectivity index (χ0) is 21.2. The molecular formula is C24H20N2O4. The van der Waals surface area contributed by atoms with E-state index in [0.29, 0.717) is 30.0 Å². The summed E-state index contributed by atoms with van der Waals surface area (Å²) in [6.07, 6.45) is 0.475. The fraction of sp³-hybridized carbons (Fsp3) is 0.125. The van der Waals surface area contributed by atoms with E-state index in [1.54, 1.807) is 42.5 Å². The Hall–Kier alpha value is -4.11. The number of amides is 1. The number of carbonyl (C=O) groups is 2. The molecule has 3 rings (SSSR count). The van der Waals surface area contributed by atoms with Gasteiger partial charge in [0.15, 0.2) is 0 Å². The second kappa shape index (κ2) is 10.4. The van der Waals surface area contributed by atoms with Crippen molar-refractivity contribution < 1.29 is 19.1 Å². The quantitative estimate of drug-likeness (QED) is 0.451. The van der Waals surface area contributed by atoms with E-state index >= 15 is 0 Å². The average Bonchev–Trinajstić information content (AvgIpc) is 2.76. The van der Waals surface area contributed by atoms with E-state index in [9.17, 15) is 9.59 Å². The van der Waals surface area contributed by atoms with Crippen molar-refractivity contribution in [2.75, 3.05) is 6.54 Å². The Balaban J connectivity index is 1.50. The normalized spacial score (nSPS) is 9.97. The summed E-state index contributed by atoms with van der Waals surface area (Å²) in [5.41, 5.74) is 1.40. The van der Waals surface area contributed by atoms with Crippen molar-refractivity contribution in [3.05, 3.63) is 90.0 Å². The van der Waals surface area contributed by atoms with E-state index in [-0.39, 0.29) is 12.3 Å². The number of carbonyl (C=O) groups excluding carboxylic acids is 2. The highest BCUT2D eigenvalue weighted by molar-refractivity contribution is 5.91. The summed E-state index contributed by atoms with van der Waals surface area (Å²) in [6, 6.07) is 25.0. The first-order valence-electron chi connectivity index (χ1n) is 9.42. The van der Waals surface area contributed by atoms with E-state index in [0.717, 1.165) is 11.3 Å². The molecule has 1 amide bonds. The third-order valence-electron chi connectivity index (χ3n) is 4.18. The van der Waals surface area contributed by atoms with Gasteiger partial charge in [0.2, 0.25) is 5.91 Å². The van der Waals surface area contributed by atoms with Crippen LogP contribution in [0, 0.1) is 11.3 Å². The SMILES string of the molecule is N#CCC(=O)NCCc1ccc(OC(=O)c2ccc(Oc3ccccc3)cc2)cc1. The Labute approximate surface area is 174 Å². The van der Waals surface area contributed by atoms with Gasteiger partial charge in [0.25, 0.3) is 0 Å². The topological polar surface area (TPSA) is 88.4 Å². The van der Waals surface area contributed by atoms with Crippen molar-refractivity contribution in [2.24, 2.45) is 0 Å². The smallest absolute Gasteiger partial charge is 0.343 e. The molecule has 0 saturated heterocycles. The predicted octanol–water partition coefficient (Wildman–Crippen LogP) is 4.27. The van der Waals surface area contributed by atoms with Crippen molar-refractivity contribution in [1.82, 2.24) is 5.32 Å². The highest BCUT2D eigenvalue weighted by Crippen LogP contribution is 2.22. The van der Waals surface area contributed by atoms with E-state index in [1.165, 1.54) is 0 Å². The molecule has 0 unspecified atom stereocenters. The minimum atomic E-state index is -0.460. The Kier molecular flexibility index (Phi) is 7.17. The molecule has 0 atom stereocenters. The van der Waals surface area contributed by atoms with Crippen LogP contribution in [0.3, 0.4) is 0 Å². The van der Waals surface area contributed by atoms with Crippen LogP contribution in [-0.4, -0.2) is 18.4 Å². The van der Waals surface area contributed by atoms with Gasteiger partial charge in [0.05, 0.1) is 11.6 Å². The molecule has 0 spiro atoms. The van der Waals surface area contributed by atoms with Crippen LogP contribution in [-0.2, 0) is 11.2 Å². The number of para-hydroxylation sites is 1. The molecule has 0 aliphatic heterocycles. The summed E-state index contributed by atoms with van der Waals surface area (Å²) < 4.78 is 11.1. The fourth-order valence-corrected chi connectivity index (χ4v) is 2.65. The second-order valence-corrected chi connectivity index (χ2v) is 6.41. The van der Waals surface area contributed by atoms with Crippen molar-refractivity contribution in [3.8, 4) is 23.3 Å². The summed E-state index contributed by atoms with van der Waals surface area (Å²) in [7, 11) is 0. The van der Waals surface area contributed by atoms with Crippen LogP contribution < -0.4 is 14.8 Å². The minimum Gasteiger partial charge on any atom is -0.457 e. The van der Waals surface area contributed by atoms with Gasteiger partial charge in [0.1, 0.15) is 23.7 Å². The molecule has 3 aromatic carbocycles. The fourth-order valence-electron chi connectivity index (χ4n) is 2.65. The van der Waals surface area contributed by atoms with Crippen LogP contribution in [0.1, 0.15) is 22.3 Å². The van der Waals surface area contributed by atoms with Gasteiger partial charge in [-0.3, -0.25) is 4.79 Å². The standard InChI is InChI=1S/C24H20N2O4/c25-16-14-23(27)26-17-15-18-6-10-22(11-7-18)30-24(28)19-8-12-21(13-9-19)29-20-4-2-1-3-5-20/h1-13H,14-15,17H2,(H,26,27). The molecule has 0 aliphatic carbocycles. The molecule has 3 aromatic rings. The summed E-state index contributed by atoms with van der Waals surface area (Å²) in [5.74, 6) is 1.03. The Bertz CT molecular complexity index is 1020. The lowest BCUT2D eigenvalue weighted by atomic mass is 10.1. The van der Waals surface area contributed by atoms with Gasteiger partial charge in [0, 0.05) is 6.54 Å². The summed E-state index contributed by atoms with van der Waals surface area (Å²) in [4.78, 5) is 23.6. The molecule has 150 valence electrons. The zero-order valence-electron chi connectivity index (χ0n) is 16.2. The number of nitrogens with one attached hydrogen (secondary N) is 1. The molecule has 0 heterocycles. The van der Waals surface area contributed by atoms with Gasteiger partial charge < -0.3 is 14.8 Å². The van der Waals surface area contributed by atoms with Gasteiger partial charge in [-0.05, 0) is 60.5 Å². The van der Waals surface area contributed by atoms with Gasteiger partial charge >= 0.3 is 5.97 Å². The molecule has 0 saturated carbocycles. The van der Waals surface area contributed by atoms with Crippen LogP contribution in [0.25, 0.3) is 0 Å². The second-order valence-electron chi connectivity index (χ2n) is 6.41. The summed E-state index contributed by atoms with van der Waals surface area (Å²) in [5, 5.41) is 11.1. The van der Waals surface area contributed by atoms with Crippen LogP contribution in [0.4, 0.5) is 0 Å². The highest BCUT2D eigenvalue weighted by Gasteiger charge is 2.09. The lowest BCUT2D eigenvalue weighted by Gasteiger charge is -2.08. The highest BCUT2D eigenvalue weighted by atomic mass is 16.5. The van der Waals surface area contributed by atoms with E-state index in [2.05, 4.69) is 5.32 Å². The molecular weight excluding hydrogens is 380 g/mol. The molecule has 0 fully saturated rings. The molecule has 0 aliphatic rings. The summed E-state index contributed by atoms with van der Waals surface area (Å²) >= 11 is 0. The van der Waals surface area contributed by atoms with Crippen LogP contribution in [0.15, 0.2) is 78.9 Å². The lowest BCUT2D eigenvalue weighted by molar-refractivity contribution is -0.120. The maximum Gasteiger partial charge on any atom is 0.343 e. The van der Waals surface area contributed by atoms with Gasteiger partial charge in [-0.1, -0.05) is 30.3 Å². The van der Waals surface area contributed by atoms with Crippen molar-refractivity contribution in [3.63, 3.8) is 0 Å². The number of ether oxygens (including phenoxy) is 2. The van der Waals surface area contributed by atoms with Gasteiger partial charge in [-0.2, -0.15) is 5.26 Å². The molecule has 6 nitrogen and oxygen atoms in total. The number of benzene rings is 3. The average molecular weight is 400 g/mol. The van der Waals surface area contributed by atoms with E-state index < -0.39 is 5.97 Å². The van der Waals surface area contributed by atoms with Crippen molar-refractivity contribution in [2.45, 2.75) is 12.8 Å². The minimum absolute atomic E-state index is 0.145. The van der Waals surface area contributed by atoms with Crippen LogP contribution in [0.5, 0.6) is 17.2 Å².